The van der Waals surface area contributed by atoms with Crippen molar-refractivity contribution in [2.75, 3.05) is 45.1 Å². The maximum Gasteiger partial charge on any atom is 0.0637 e. The molecule has 19 heavy (non-hydrogen) atoms. The summed E-state index contributed by atoms with van der Waals surface area (Å²) in [4.78, 5) is 4.99. The summed E-state index contributed by atoms with van der Waals surface area (Å²) in [5.74, 6) is 0. The van der Waals surface area contributed by atoms with Crippen molar-refractivity contribution in [2.24, 2.45) is 0 Å². The number of benzene rings is 1. The van der Waals surface area contributed by atoms with Gasteiger partial charge >= 0.3 is 0 Å². The second-order valence-corrected chi connectivity index (χ2v) is 5.81. The average molecular weight is 282 g/mol. The van der Waals surface area contributed by atoms with Crippen molar-refractivity contribution >= 4 is 17.3 Å². The summed E-state index contributed by atoms with van der Waals surface area (Å²) in [5.41, 5.74) is 1.03. The van der Waals surface area contributed by atoms with Crippen molar-refractivity contribution in [3.8, 4) is 0 Å². The van der Waals surface area contributed by atoms with Gasteiger partial charge in [0.15, 0.2) is 0 Å². The lowest BCUT2D eigenvalue weighted by molar-refractivity contribution is 0.209. The van der Waals surface area contributed by atoms with Crippen LogP contribution in [0.3, 0.4) is 0 Å². The topological polar surface area (TPSA) is 18.5 Å². The average Bonchev–Trinajstić information content (AvgIpc) is 2.53. The van der Waals surface area contributed by atoms with E-state index in [0.717, 1.165) is 30.3 Å². The molecule has 4 heteroatoms. The highest BCUT2D eigenvalue weighted by Gasteiger charge is 2.18. The van der Waals surface area contributed by atoms with Crippen molar-refractivity contribution in [2.45, 2.75) is 19.4 Å². The molecule has 0 saturated carbocycles. The Morgan fingerprint density at radius 2 is 2.11 bits per heavy atom. The van der Waals surface area contributed by atoms with Crippen LogP contribution in [0.15, 0.2) is 24.3 Å². The number of halogens is 1. The number of hydrogen-bond donors (Lipinski definition) is 1. The fourth-order valence-electron chi connectivity index (χ4n) is 2.69. The number of nitrogens with zero attached hydrogens (tertiary/aromatic N) is 2. The molecule has 0 spiro atoms. The van der Waals surface area contributed by atoms with Gasteiger partial charge in [-0.2, -0.15) is 0 Å². The van der Waals surface area contributed by atoms with E-state index in [0.29, 0.717) is 6.04 Å². The van der Waals surface area contributed by atoms with Crippen LogP contribution in [-0.2, 0) is 0 Å². The minimum Gasteiger partial charge on any atom is -0.383 e. The zero-order valence-electron chi connectivity index (χ0n) is 11.9. The van der Waals surface area contributed by atoms with Crippen LogP contribution in [0.25, 0.3) is 0 Å². The van der Waals surface area contributed by atoms with E-state index in [1.54, 1.807) is 0 Å². The summed E-state index contributed by atoms with van der Waals surface area (Å²) < 4.78 is 0. The molecule has 3 nitrogen and oxygen atoms in total. The van der Waals surface area contributed by atoms with Crippen LogP contribution in [0, 0.1) is 0 Å². The van der Waals surface area contributed by atoms with Gasteiger partial charge in [0.1, 0.15) is 0 Å². The van der Waals surface area contributed by atoms with Gasteiger partial charge in [-0.25, -0.2) is 0 Å². The Labute approximate surface area is 121 Å². The molecule has 1 aromatic rings. The van der Waals surface area contributed by atoms with Crippen molar-refractivity contribution in [1.29, 1.82) is 0 Å². The second-order valence-electron chi connectivity index (χ2n) is 5.41. The highest BCUT2D eigenvalue weighted by molar-refractivity contribution is 6.33. The predicted molar refractivity (Wildman–Crippen MR) is 83.1 cm³/mol. The number of nitrogens with one attached hydrogen (secondary N) is 1. The van der Waals surface area contributed by atoms with Gasteiger partial charge in [-0.05, 0) is 45.6 Å². The van der Waals surface area contributed by atoms with Crippen LogP contribution >= 0.6 is 11.6 Å². The molecule has 1 fully saturated rings. The van der Waals surface area contributed by atoms with E-state index in [1.165, 1.54) is 19.5 Å². The molecule has 2 rings (SSSR count). The normalized spacial score (nSPS) is 22.2. The number of rotatable bonds is 4. The zero-order chi connectivity index (χ0) is 13.7. The zero-order valence-corrected chi connectivity index (χ0v) is 12.7. The quantitative estimate of drug-likeness (QED) is 0.916. The summed E-state index contributed by atoms with van der Waals surface area (Å²) in [5, 5.41) is 4.22. The molecule has 0 amide bonds. The molecule has 1 atom stereocenters. The van der Waals surface area contributed by atoms with Gasteiger partial charge in [0.2, 0.25) is 0 Å². The van der Waals surface area contributed by atoms with E-state index in [4.69, 9.17) is 11.6 Å². The first-order valence-electron chi connectivity index (χ1n) is 7.08. The third-order valence-corrected chi connectivity index (χ3v) is 4.10. The fourth-order valence-corrected chi connectivity index (χ4v) is 2.90. The Bertz CT molecular complexity index is 397. The van der Waals surface area contributed by atoms with Gasteiger partial charge in [0, 0.05) is 25.7 Å². The van der Waals surface area contributed by atoms with Crippen molar-refractivity contribution in [3.63, 3.8) is 0 Å². The summed E-state index contributed by atoms with van der Waals surface area (Å²) in [7, 11) is 2.21. The summed E-state index contributed by atoms with van der Waals surface area (Å²) in [6.45, 7) is 7.88. The third-order valence-electron chi connectivity index (χ3n) is 3.77. The molecule has 1 aliphatic rings. The molecule has 1 unspecified atom stereocenters. The van der Waals surface area contributed by atoms with Gasteiger partial charge < -0.3 is 10.2 Å². The van der Waals surface area contributed by atoms with E-state index in [9.17, 15) is 0 Å². The van der Waals surface area contributed by atoms with Gasteiger partial charge in [-0.3, -0.25) is 4.90 Å². The lowest BCUT2D eigenvalue weighted by Gasteiger charge is -2.28. The van der Waals surface area contributed by atoms with Crippen LogP contribution in [0.1, 0.15) is 13.3 Å². The monoisotopic (exact) mass is 281 g/mol. The molecule has 106 valence electrons. The second kappa shape index (κ2) is 7.13. The van der Waals surface area contributed by atoms with Gasteiger partial charge in [0.05, 0.1) is 10.7 Å². The number of hydrogen-bond acceptors (Lipinski definition) is 3. The molecule has 0 bridgehead atoms. The lowest BCUT2D eigenvalue weighted by Crippen LogP contribution is -2.40. The number of anilines is 1. The Hall–Kier alpha value is -0.770. The first-order valence-corrected chi connectivity index (χ1v) is 7.45. The summed E-state index contributed by atoms with van der Waals surface area (Å²) in [6, 6.07) is 8.55. The molecular weight excluding hydrogens is 258 g/mol. The predicted octanol–water partition coefficient (Wildman–Crippen LogP) is 2.78. The first-order chi connectivity index (χ1) is 9.16. The van der Waals surface area contributed by atoms with Gasteiger partial charge in [-0.15, -0.1) is 0 Å². The molecule has 0 radical (unpaired) electrons. The van der Waals surface area contributed by atoms with E-state index in [2.05, 4.69) is 29.1 Å². The third kappa shape index (κ3) is 4.37. The summed E-state index contributed by atoms with van der Waals surface area (Å²) in [6.07, 6.45) is 1.26. The van der Waals surface area contributed by atoms with Crippen molar-refractivity contribution in [1.82, 2.24) is 9.80 Å². The molecule has 1 aromatic carbocycles. The lowest BCUT2D eigenvalue weighted by atomic mass is 10.2. The van der Waals surface area contributed by atoms with Crippen LogP contribution in [0.5, 0.6) is 0 Å². The summed E-state index contributed by atoms with van der Waals surface area (Å²) >= 11 is 6.14. The standard InChI is InChI=1S/C15H24ClN3/c1-13-12-18(2)9-5-10-19(13)11-8-17-15-7-4-3-6-14(15)16/h3-4,6-7,13,17H,5,8-12H2,1-2H3. The minimum atomic E-state index is 0.626. The van der Waals surface area contributed by atoms with Crippen molar-refractivity contribution in [3.05, 3.63) is 29.3 Å². The largest absolute Gasteiger partial charge is 0.383 e. The maximum atomic E-state index is 6.14. The molecule has 0 aliphatic carbocycles. The van der Waals surface area contributed by atoms with Gasteiger partial charge in [0.25, 0.3) is 0 Å². The highest BCUT2D eigenvalue weighted by atomic mass is 35.5. The van der Waals surface area contributed by atoms with Crippen LogP contribution < -0.4 is 5.32 Å². The number of para-hydroxylation sites is 1. The van der Waals surface area contributed by atoms with E-state index in [1.807, 2.05) is 24.3 Å². The SMILES string of the molecule is CC1CN(C)CCCN1CCNc1ccccc1Cl. The van der Waals surface area contributed by atoms with E-state index < -0.39 is 0 Å². The fraction of sp³-hybridized carbons (Fsp3) is 0.600. The number of likely N-dealkylation sites (N-methyl/N-ethyl adjacent to an activating group) is 1. The Morgan fingerprint density at radius 1 is 1.32 bits per heavy atom. The van der Waals surface area contributed by atoms with Crippen LogP contribution in [-0.4, -0.2) is 55.6 Å². The van der Waals surface area contributed by atoms with E-state index in [-0.39, 0.29) is 0 Å². The Kier molecular flexibility index (Phi) is 5.49. The van der Waals surface area contributed by atoms with Crippen LogP contribution in [0.2, 0.25) is 5.02 Å². The molecule has 1 saturated heterocycles. The minimum absolute atomic E-state index is 0.626. The highest BCUT2D eigenvalue weighted by Crippen LogP contribution is 2.20. The molecule has 1 heterocycles. The molecule has 1 aliphatic heterocycles. The Morgan fingerprint density at radius 3 is 2.89 bits per heavy atom. The molecular formula is C15H24ClN3. The first kappa shape index (κ1) is 14.6. The van der Waals surface area contributed by atoms with Crippen LogP contribution in [0.4, 0.5) is 5.69 Å². The van der Waals surface area contributed by atoms with E-state index >= 15 is 0 Å². The molecule has 0 aromatic heterocycles. The smallest absolute Gasteiger partial charge is 0.0637 e. The maximum absolute atomic E-state index is 6.14. The van der Waals surface area contributed by atoms with Crippen molar-refractivity contribution < 1.29 is 0 Å². The molecule has 1 N–H and O–H groups in total. The Balaban J connectivity index is 1.80. The van der Waals surface area contributed by atoms with Gasteiger partial charge in [-0.1, -0.05) is 23.7 Å².